The quantitative estimate of drug-likeness (QED) is 0.815. The van der Waals surface area contributed by atoms with Crippen LogP contribution in [0, 0.1) is 5.92 Å². The lowest BCUT2D eigenvalue weighted by molar-refractivity contribution is 0.0757. The Morgan fingerprint density at radius 3 is 2.79 bits per heavy atom. The normalized spacial score (nSPS) is 14.3. The number of rotatable bonds is 6. The van der Waals surface area contributed by atoms with E-state index in [0.29, 0.717) is 22.5 Å². The molecule has 1 saturated carbocycles. The molecule has 1 aliphatic carbocycles. The predicted molar refractivity (Wildman–Crippen MR) is 77.7 cm³/mol. The number of hydrogen-bond acceptors (Lipinski definition) is 3. The molecule has 0 spiro atoms. The summed E-state index contributed by atoms with van der Waals surface area (Å²) >= 11 is 5.97. The highest BCUT2D eigenvalue weighted by Gasteiger charge is 2.26. The highest BCUT2D eigenvalue weighted by molar-refractivity contribution is 6.29. The summed E-state index contributed by atoms with van der Waals surface area (Å²) in [6.45, 7) is 6.32. The Morgan fingerprint density at radius 1 is 1.47 bits per heavy atom. The fraction of sp³-hybridized carbons (Fsp3) is 0.571. The topological polar surface area (TPSA) is 45.2 Å². The van der Waals surface area contributed by atoms with E-state index in [-0.39, 0.29) is 5.91 Å². The predicted octanol–water partition coefficient (Wildman–Crippen LogP) is 3.04. The summed E-state index contributed by atoms with van der Waals surface area (Å²) in [4.78, 5) is 18.5. The van der Waals surface area contributed by atoms with Crippen molar-refractivity contribution in [2.45, 2.75) is 26.7 Å². The van der Waals surface area contributed by atoms with E-state index in [1.165, 1.54) is 12.8 Å². The van der Waals surface area contributed by atoms with E-state index >= 15 is 0 Å². The smallest absolute Gasteiger partial charge is 0.254 e. The molecule has 0 aliphatic heterocycles. The fourth-order valence-corrected chi connectivity index (χ4v) is 2.25. The van der Waals surface area contributed by atoms with Crippen molar-refractivity contribution in [3.05, 3.63) is 22.8 Å². The molecule has 1 aliphatic rings. The van der Waals surface area contributed by atoms with Gasteiger partial charge in [0, 0.05) is 25.2 Å². The Hall–Kier alpha value is -1.29. The number of nitrogens with one attached hydrogen (secondary N) is 1. The molecule has 1 N–H and O–H groups in total. The molecule has 1 amide bonds. The SMILES string of the molecule is CCNc1cc(C(=O)N(CC)CC2CC2)cc(Cl)n1. The minimum Gasteiger partial charge on any atom is -0.370 e. The number of amides is 1. The maximum absolute atomic E-state index is 12.5. The maximum Gasteiger partial charge on any atom is 0.254 e. The summed E-state index contributed by atoms with van der Waals surface area (Å²) < 4.78 is 0. The Morgan fingerprint density at radius 2 is 2.21 bits per heavy atom. The van der Waals surface area contributed by atoms with Crippen LogP contribution in [0.2, 0.25) is 5.15 Å². The minimum atomic E-state index is 0.0397. The molecule has 5 heteroatoms. The summed E-state index contributed by atoms with van der Waals surface area (Å²) in [5, 5.41) is 3.44. The van der Waals surface area contributed by atoms with Crippen LogP contribution in [-0.2, 0) is 0 Å². The molecule has 1 aromatic heterocycles. The van der Waals surface area contributed by atoms with Crippen LogP contribution in [0.25, 0.3) is 0 Å². The van der Waals surface area contributed by atoms with Gasteiger partial charge in [-0.3, -0.25) is 4.79 Å². The van der Waals surface area contributed by atoms with Crippen LogP contribution in [0.5, 0.6) is 0 Å². The van der Waals surface area contributed by atoms with Gasteiger partial charge < -0.3 is 10.2 Å². The molecule has 1 heterocycles. The third-order valence-electron chi connectivity index (χ3n) is 3.24. The molecule has 0 aromatic carbocycles. The van der Waals surface area contributed by atoms with Crippen molar-refractivity contribution in [1.29, 1.82) is 0 Å². The first-order valence-electron chi connectivity index (χ1n) is 6.84. The van der Waals surface area contributed by atoms with Crippen molar-refractivity contribution in [2.75, 3.05) is 25.0 Å². The first-order valence-corrected chi connectivity index (χ1v) is 7.22. The van der Waals surface area contributed by atoms with E-state index in [0.717, 1.165) is 19.6 Å². The highest BCUT2D eigenvalue weighted by atomic mass is 35.5. The van der Waals surface area contributed by atoms with Crippen molar-refractivity contribution in [1.82, 2.24) is 9.88 Å². The summed E-state index contributed by atoms with van der Waals surface area (Å²) in [7, 11) is 0. The van der Waals surface area contributed by atoms with Crippen molar-refractivity contribution in [3.8, 4) is 0 Å². The average molecular weight is 282 g/mol. The second-order valence-corrected chi connectivity index (χ2v) is 5.27. The van der Waals surface area contributed by atoms with Gasteiger partial charge in [-0.25, -0.2) is 4.98 Å². The van der Waals surface area contributed by atoms with Gasteiger partial charge in [-0.2, -0.15) is 0 Å². The molecule has 0 bridgehead atoms. The molecule has 19 heavy (non-hydrogen) atoms. The molecule has 4 nitrogen and oxygen atoms in total. The van der Waals surface area contributed by atoms with Crippen LogP contribution in [0.1, 0.15) is 37.0 Å². The van der Waals surface area contributed by atoms with E-state index < -0.39 is 0 Å². The number of anilines is 1. The van der Waals surface area contributed by atoms with E-state index in [9.17, 15) is 4.79 Å². The highest BCUT2D eigenvalue weighted by Crippen LogP contribution is 2.30. The zero-order valence-corrected chi connectivity index (χ0v) is 12.2. The number of halogens is 1. The molecule has 1 fully saturated rings. The Bertz CT molecular complexity index is 460. The van der Waals surface area contributed by atoms with Crippen LogP contribution in [-0.4, -0.2) is 35.4 Å². The maximum atomic E-state index is 12.5. The Labute approximate surface area is 119 Å². The van der Waals surface area contributed by atoms with E-state index in [1.807, 2.05) is 18.7 Å². The lowest BCUT2D eigenvalue weighted by atomic mass is 10.2. The monoisotopic (exact) mass is 281 g/mol. The lowest BCUT2D eigenvalue weighted by Crippen LogP contribution is -2.32. The number of pyridine rings is 1. The van der Waals surface area contributed by atoms with Gasteiger partial charge in [0.25, 0.3) is 5.91 Å². The van der Waals surface area contributed by atoms with Gasteiger partial charge in [-0.05, 0) is 44.7 Å². The third kappa shape index (κ3) is 3.83. The largest absolute Gasteiger partial charge is 0.370 e. The van der Waals surface area contributed by atoms with Crippen molar-refractivity contribution >= 4 is 23.3 Å². The zero-order chi connectivity index (χ0) is 13.8. The number of hydrogen-bond donors (Lipinski definition) is 1. The molecule has 0 unspecified atom stereocenters. The van der Waals surface area contributed by atoms with Gasteiger partial charge >= 0.3 is 0 Å². The second kappa shape index (κ2) is 6.24. The average Bonchev–Trinajstić information content (AvgIpc) is 3.19. The van der Waals surface area contributed by atoms with Crippen molar-refractivity contribution in [3.63, 3.8) is 0 Å². The zero-order valence-electron chi connectivity index (χ0n) is 11.4. The second-order valence-electron chi connectivity index (χ2n) is 4.88. The van der Waals surface area contributed by atoms with Crippen molar-refractivity contribution < 1.29 is 4.79 Å². The molecule has 0 atom stereocenters. The molecular formula is C14H20ClN3O. The van der Waals surface area contributed by atoms with Crippen LogP contribution in [0.15, 0.2) is 12.1 Å². The van der Waals surface area contributed by atoms with Crippen molar-refractivity contribution in [2.24, 2.45) is 5.92 Å². The van der Waals surface area contributed by atoms with Crippen LogP contribution in [0.4, 0.5) is 5.82 Å². The van der Waals surface area contributed by atoms with Gasteiger partial charge in [0.1, 0.15) is 11.0 Å². The minimum absolute atomic E-state index is 0.0397. The third-order valence-corrected chi connectivity index (χ3v) is 3.44. The van der Waals surface area contributed by atoms with Gasteiger partial charge in [-0.1, -0.05) is 11.6 Å². The standard InChI is InChI=1S/C14H20ClN3O/c1-3-16-13-8-11(7-12(15)17-13)14(19)18(4-2)9-10-5-6-10/h7-8,10H,3-6,9H2,1-2H3,(H,16,17). The molecule has 104 valence electrons. The molecule has 0 saturated heterocycles. The van der Waals surface area contributed by atoms with Gasteiger partial charge in [-0.15, -0.1) is 0 Å². The summed E-state index contributed by atoms with van der Waals surface area (Å²) in [6.07, 6.45) is 2.48. The van der Waals surface area contributed by atoms with E-state index in [1.54, 1.807) is 12.1 Å². The summed E-state index contributed by atoms with van der Waals surface area (Å²) in [5.74, 6) is 1.38. The van der Waals surface area contributed by atoms with Gasteiger partial charge in [0.05, 0.1) is 0 Å². The number of aromatic nitrogens is 1. The number of nitrogens with zero attached hydrogens (tertiary/aromatic N) is 2. The van der Waals surface area contributed by atoms with E-state index in [2.05, 4.69) is 10.3 Å². The summed E-state index contributed by atoms with van der Waals surface area (Å²) in [6, 6.07) is 3.41. The molecule has 0 radical (unpaired) electrons. The first kappa shape index (κ1) is 14.1. The number of carbonyl (C=O) groups excluding carboxylic acids is 1. The fourth-order valence-electron chi connectivity index (χ4n) is 2.04. The van der Waals surface area contributed by atoms with Crippen LogP contribution < -0.4 is 5.32 Å². The first-order chi connectivity index (χ1) is 9.13. The van der Waals surface area contributed by atoms with Crippen LogP contribution >= 0.6 is 11.6 Å². The van der Waals surface area contributed by atoms with E-state index in [4.69, 9.17) is 11.6 Å². The lowest BCUT2D eigenvalue weighted by Gasteiger charge is -2.21. The van der Waals surface area contributed by atoms with Crippen LogP contribution in [0.3, 0.4) is 0 Å². The molecule has 2 rings (SSSR count). The Kier molecular flexibility index (Phi) is 4.64. The Balaban J connectivity index is 2.15. The number of carbonyl (C=O) groups is 1. The van der Waals surface area contributed by atoms with Gasteiger partial charge in [0.2, 0.25) is 0 Å². The molecular weight excluding hydrogens is 262 g/mol. The summed E-state index contributed by atoms with van der Waals surface area (Å²) in [5.41, 5.74) is 0.610. The van der Waals surface area contributed by atoms with Gasteiger partial charge in [0.15, 0.2) is 0 Å². The molecule has 1 aromatic rings.